The standard InChI is InChI=1S/C14H13F3N2/c1-18-9-13-12(6-3-7-19-13)10-4-2-5-11(8-10)14(15,16)17/h2-8,18H,9H2,1H3. The average molecular weight is 266 g/mol. The number of pyridine rings is 1. The van der Waals surface area contributed by atoms with E-state index in [0.29, 0.717) is 17.7 Å². The predicted octanol–water partition coefficient (Wildman–Crippen LogP) is 3.49. The summed E-state index contributed by atoms with van der Waals surface area (Å²) in [5, 5.41) is 2.95. The number of rotatable bonds is 3. The van der Waals surface area contributed by atoms with E-state index in [4.69, 9.17) is 0 Å². The maximum absolute atomic E-state index is 12.7. The van der Waals surface area contributed by atoms with Gasteiger partial charge >= 0.3 is 6.18 Å². The van der Waals surface area contributed by atoms with Crippen LogP contribution >= 0.6 is 0 Å². The van der Waals surface area contributed by atoms with Crippen molar-refractivity contribution >= 4 is 0 Å². The Bertz CT molecular complexity index is 565. The largest absolute Gasteiger partial charge is 0.416 e. The Kier molecular flexibility index (Phi) is 3.85. The fourth-order valence-electron chi connectivity index (χ4n) is 1.87. The minimum atomic E-state index is -4.33. The summed E-state index contributed by atoms with van der Waals surface area (Å²) in [6.45, 7) is 0.506. The van der Waals surface area contributed by atoms with Crippen LogP contribution in [0.15, 0.2) is 42.6 Å². The summed E-state index contributed by atoms with van der Waals surface area (Å²) in [6.07, 6.45) is -2.70. The Hall–Kier alpha value is -1.88. The molecule has 0 amide bonds. The van der Waals surface area contributed by atoms with Gasteiger partial charge in [0.05, 0.1) is 11.3 Å². The number of hydrogen-bond acceptors (Lipinski definition) is 2. The van der Waals surface area contributed by atoms with Crippen LogP contribution in [0.3, 0.4) is 0 Å². The number of halogens is 3. The van der Waals surface area contributed by atoms with E-state index in [1.165, 1.54) is 6.07 Å². The first kappa shape index (κ1) is 13.5. The third-order valence-corrected chi connectivity index (χ3v) is 2.74. The SMILES string of the molecule is CNCc1ncccc1-c1cccc(C(F)(F)F)c1. The highest BCUT2D eigenvalue weighted by Crippen LogP contribution is 2.32. The molecule has 1 aromatic heterocycles. The molecule has 2 nitrogen and oxygen atoms in total. The van der Waals surface area contributed by atoms with Crippen LogP contribution in [0.4, 0.5) is 13.2 Å². The number of aromatic nitrogens is 1. The Morgan fingerprint density at radius 3 is 2.63 bits per heavy atom. The van der Waals surface area contributed by atoms with E-state index in [1.54, 1.807) is 31.4 Å². The monoisotopic (exact) mass is 266 g/mol. The van der Waals surface area contributed by atoms with Crippen molar-refractivity contribution in [2.75, 3.05) is 7.05 Å². The Labute approximate surface area is 109 Å². The normalized spacial score (nSPS) is 11.6. The van der Waals surface area contributed by atoms with Gasteiger partial charge in [-0.15, -0.1) is 0 Å². The van der Waals surface area contributed by atoms with Gasteiger partial charge in [-0.2, -0.15) is 13.2 Å². The van der Waals surface area contributed by atoms with Gasteiger partial charge in [-0.25, -0.2) is 0 Å². The number of hydrogen-bond donors (Lipinski definition) is 1. The quantitative estimate of drug-likeness (QED) is 0.919. The van der Waals surface area contributed by atoms with Crippen LogP contribution < -0.4 is 5.32 Å². The molecule has 1 N–H and O–H groups in total. The van der Waals surface area contributed by atoms with Crippen LogP contribution in [-0.4, -0.2) is 12.0 Å². The Morgan fingerprint density at radius 2 is 1.95 bits per heavy atom. The molecule has 19 heavy (non-hydrogen) atoms. The molecule has 1 aromatic carbocycles. The molecule has 0 aliphatic rings. The van der Waals surface area contributed by atoms with Crippen molar-refractivity contribution in [3.05, 3.63) is 53.9 Å². The second-order valence-electron chi connectivity index (χ2n) is 4.11. The maximum Gasteiger partial charge on any atom is 0.416 e. The highest BCUT2D eigenvalue weighted by Gasteiger charge is 2.30. The third-order valence-electron chi connectivity index (χ3n) is 2.74. The molecule has 0 aliphatic carbocycles. The average Bonchev–Trinajstić information content (AvgIpc) is 2.39. The van der Waals surface area contributed by atoms with E-state index in [2.05, 4.69) is 10.3 Å². The zero-order valence-corrected chi connectivity index (χ0v) is 10.3. The van der Waals surface area contributed by atoms with Gasteiger partial charge in [0.2, 0.25) is 0 Å². The summed E-state index contributed by atoms with van der Waals surface area (Å²) >= 11 is 0. The van der Waals surface area contributed by atoms with Gasteiger partial charge in [-0.05, 0) is 30.8 Å². The minimum absolute atomic E-state index is 0.506. The molecular formula is C14H13F3N2. The van der Waals surface area contributed by atoms with Gasteiger partial charge in [0.25, 0.3) is 0 Å². The zero-order valence-electron chi connectivity index (χ0n) is 10.3. The van der Waals surface area contributed by atoms with E-state index in [9.17, 15) is 13.2 Å². The molecule has 5 heteroatoms. The Morgan fingerprint density at radius 1 is 1.16 bits per heavy atom. The van der Waals surface area contributed by atoms with E-state index < -0.39 is 11.7 Å². The van der Waals surface area contributed by atoms with Gasteiger partial charge in [0.15, 0.2) is 0 Å². The molecule has 100 valence electrons. The van der Waals surface area contributed by atoms with Crippen LogP contribution in [0.1, 0.15) is 11.3 Å². The second-order valence-corrected chi connectivity index (χ2v) is 4.11. The third kappa shape index (κ3) is 3.12. The highest BCUT2D eigenvalue weighted by atomic mass is 19.4. The van der Waals surface area contributed by atoms with Gasteiger partial charge in [0.1, 0.15) is 0 Å². The van der Waals surface area contributed by atoms with Crippen LogP contribution in [-0.2, 0) is 12.7 Å². The van der Waals surface area contributed by atoms with E-state index >= 15 is 0 Å². The summed E-state index contributed by atoms with van der Waals surface area (Å²) in [4.78, 5) is 4.19. The number of alkyl halides is 3. The molecular weight excluding hydrogens is 253 g/mol. The maximum atomic E-state index is 12.7. The molecule has 0 unspecified atom stereocenters. The molecule has 0 radical (unpaired) electrons. The fraction of sp³-hybridized carbons (Fsp3) is 0.214. The number of nitrogens with zero attached hydrogens (tertiary/aromatic N) is 1. The summed E-state index contributed by atoms with van der Waals surface area (Å²) in [7, 11) is 1.77. The lowest BCUT2D eigenvalue weighted by molar-refractivity contribution is -0.137. The lowest BCUT2D eigenvalue weighted by Gasteiger charge is -2.11. The lowest BCUT2D eigenvalue weighted by atomic mass is 10.0. The number of nitrogens with one attached hydrogen (secondary N) is 1. The van der Waals surface area contributed by atoms with Crippen LogP contribution in [0.2, 0.25) is 0 Å². The first-order valence-corrected chi connectivity index (χ1v) is 5.78. The van der Waals surface area contributed by atoms with Crippen molar-refractivity contribution < 1.29 is 13.2 Å². The van der Waals surface area contributed by atoms with Crippen molar-refractivity contribution in [1.29, 1.82) is 0 Å². The molecule has 0 fully saturated rings. The van der Waals surface area contributed by atoms with Gasteiger partial charge in [-0.3, -0.25) is 4.98 Å². The van der Waals surface area contributed by atoms with Gasteiger partial charge in [-0.1, -0.05) is 18.2 Å². The predicted molar refractivity (Wildman–Crippen MR) is 67.4 cm³/mol. The van der Waals surface area contributed by atoms with E-state index in [-0.39, 0.29) is 0 Å². The zero-order chi connectivity index (χ0) is 13.9. The van der Waals surface area contributed by atoms with Crippen LogP contribution in [0.25, 0.3) is 11.1 Å². The smallest absolute Gasteiger partial charge is 0.314 e. The summed E-state index contributed by atoms with van der Waals surface area (Å²) < 4.78 is 38.1. The molecule has 0 atom stereocenters. The Balaban J connectivity index is 2.48. The molecule has 0 saturated heterocycles. The van der Waals surface area contributed by atoms with Crippen LogP contribution in [0, 0.1) is 0 Å². The molecule has 0 spiro atoms. The van der Waals surface area contributed by atoms with Crippen molar-refractivity contribution in [2.45, 2.75) is 12.7 Å². The van der Waals surface area contributed by atoms with Crippen molar-refractivity contribution in [1.82, 2.24) is 10.3 Å². The van der Waals surface area contributed by atoms with Crippen molar-refractivity contribution in [3.8, 4) is 11.1 Å². The highest BCUT2D eigenvalue weighted by molar-refractivity contribution is 5.66. The summed E-state index contributed by atoms with van der Waals surface area (Å²) in [6, 6.07) is 8.78. The fourth-order valence-corrected chi connectivity index (χ4v) is 1.87. The topological polar surface area (TPSA) is 24.9 Å². The first-order valence-electron chi connectivity index (χ1n) is 5.78. The first-order chi connectivity index (χ1) is 9.02. The van der Waals surface area contributed by atoms with Gasteiger partial charge in [0, 0.05) is 18.3 Å². The summed E-state index contributed by atoms with van der Waals surface area (Å²) in [5.74, 6) is 0. The van der Waals surface area contributed by atoms with Crippen LogP contribution in [0.5, 0.6) is 0 Å². The second kappa shape index (κ2) is 5.40. The van der Waals surface area contributed by atoms with Crippen molar-refractivity contribution in [2.24, 2.45) is 0 Å². The molecule has 2 aromatic rings. The van der Waals surface area contributed by atoms with Crippen molar-refractivity contribution in [3.63, 3.8) is 0 Å². The minimum Gasteiger partial charge on any atom is -0.314 e. The molecule has 2 rings (SSSR count). The lowest BCUT2D eigenvalue weighted by Crippen LogP contribution is -2.09. The van der Waals surface area contributed by atoms with Gasteiger partial charge < -0.3 is 5.32 Å². The summed E-state index contributed by atoms with van der Waals surface area (Å²) in [5.41, 5.74) is 1.31. The van der Waals surface area contributed by atoms with E-state index in [0.717, 1.165) is 17.8 Å². The molecule has 0 aliphatic heterocycles. The molecule has 0 bridgehead atoms. The van der Waals surface area contributed by atoms with E-state index in [1.807, 2.05) is 0 Å². The molecule has 1 heterocycles. The number of benzene rings is 1. The molecule has 0 saturated carbocycles.